The highest BCUT2D eigenvalue weighted by molar-refractivity contribution is 5.93. The third-order valence-electron chi connectivity index (χ3n) is 10.3. The van der Waals surface area contributed by atoms with Crippen LogP contribution in [0.5, 0.6) is 0 Å². The van der Waals surface area contributed by atoms with E-state index in [1.807, 2.05) is 13.8 Å². The Kier molecular flexibility index (Phi) is 6.23. The molecule has 7 atom stereocenters. The zero-order valence-corrected chi connectivity index (χ0v) is 21.5. The van der Waals surface area contributed by atoms with E-state index in [1.165, 1.54) is 4.90 Å². The van der Waals surface area contributed by atoms with Gasteiger partial charge in [0.05, 0.1) is 16.8 Å². The molecule has 4 nitrogen and oxygen atoms in total. The standard InChI is InChI=1S/C28H32F6N2O2/c1-15-18-7-5-17-19(25(18,2)11-9-23(15)37)8-12-26(3)20(17)10-13-36(26)24(38)35-22-14-16(27(29,30)31)4-6-21(22)28(32,33)34/h4,6,9,11,14-15,17-20H,5,7-8,10,12-13H2,1-3H3,(H,35,38)/t15?,17-,18?,19-,20+,25+,26+/m1/s1. The molecule has 0 spiro atoms. The van der Waals surface area contributed by atoms with Crippen LogP contribution >= 0.6 is 0 Å². The molecule has 2 saturated carbocycles. The maximum Gasteiger partial charge on any atom is 0.418 e. The van der Waals surface area contributed by atoms with Gasteiger partial charge in [-0.3, -0.25) is 4.79 Å². The Labute approximate surface area is 217 Å². The summed E-state index contributed by atoms with van der Waals surface area (Å²) in [5.74, 6) is 1.11. The van der Waals surface area contributed by atoms with Gasteiger partial charge >= 0.3 is 18.4 Å². The quantitative estimate of drug-likeness (QED) is 0.373. The second kappa shape index (κ2) is 8.74. The number of likely N-dealkylation sites (tertiary alicyclic amines) is 1. The first-order valence-electron chi connectivity index (χ1n) is 13.2. The molecule has 3 aliphatic carbocycles. The number of rotatable bonds is 1. The normalized spacial score (nSPS) is 36.9. The largest absolute Gasteiger partial charge is 0.418 e. The highest BCUT2D eigenvalue weighted by atomic mass is 19.4. The Hall–Kier alpha value is -2.52. The summed E-state index contributed by atoms with van der Waals surface area (Å²) >= 11 is 0. The fraction of sp³-hybridized carbons (Fsp3) is 0.643. The second-order valence-corrected chi connectivity index (χ2v) is 12.0. The maximum atomic E-state index is 13.6. The van der Waals surface area contributed by atoms with E-state index in [2.05, 4.69) is 18.3 Å². The Bertz CT molecular complexity index is 1180. The predicted octanol–water partition coefficient (Wildman–Crippen LogP) is 7.55. The number of hydrogen-bond acceptors (Lipinski definition) is 2. The summed E-state index contributed by atoms with van der Waals surface area (Å²) < 4.78 is 80.5. The van der Waals surface area contributed by atoms with Crippen LogP contribution in [0.4, 0.5) is 36.8 Å². The average molecular weight is 543 g/mol. The number of ketones is 1. The van der Waals surface area contributed by atoms with E-state index in [1.54, 1.807) is 6.08 Å². The van der Waals surface area contributed by atoms with Crippen LogP contribution in [0.25, 0.3) is 0 Å². The van der Waals surface area contributed by atoms with Gasteiger partial charge < -0.3 is 10.2 Å². The zero-order chi connectivity index (χ0) is 27.8. The third-order valence-corrected chi connectivity index (χ3v) is 10.3. The maximum absolute atomic E-state index is 13.6. The van der Waals surface area contributed by atoms with Crippen LogP contribution in [0, 0.1) is 35.0 Å². The van der Waals surface area contributed by atoms with E-state index in [9.17, 15) is 35.9 Å². The summed E-state index contributed by atoms with van der Waals surface area (Å²) in [5, 5.41) is 2.18. The number of benzene rings is 1. The van der Waals surface area contributed by atoms with Crippen LogP contribution < -0.4 is 5.32 Å². The number of alkyl halides is 6. The molecular formula is C28H32F6N2O2. The predicted molar refractivity (Wildman–Crippen MR) is 129 cm³/mol. The third kappa shape index (κ3) is 4.13. The molecule has 1 heterocycles. The Morgan fingerprint density at radius 3 is 2.34 bits per heavy atom. The molecule has 10 heteroatoms. The molecule has 5 rings (SSSR count). The van der Waals surface area contributed by atoms with Gasteiger partial charge in [0.1, 0.15) is 0 Å². The number of fused-ring (bicyclic) bond motifs is 5. The number of anilines is 1. The van der Waals surface area contributed by atoms with Crippen molar-refractivity contribution >= 4 is 17.5 Å². The summed E-state index contributed by atoms with van der Waals surface area (Å²) in [5.41, 5.74) is -4.22. The van der Waals surface area contributed by atoms with Crippen molar-refractivity contribution < 1.29 is 35.9 Å². The minimum absolute atomic E-state index is 0.0413. The zero-order valence-electron chi connectivity index (χ0n) is 21.5. The van der Waals surface area contributed by atoms with Crippen molar-refractivity contribution in [2.75, 3.05) is 11.9 Å². The van der Waals surface area contributed by atoms with E-state index in [0.717, 1.165) is 19.3 Å². The lowest BCUT2D eigenvalue weighted by molar-refractivity contribution is -0.140. The molecule has 1 saturated heterocycles. The number of hydrogen-bond donors (Lipinski definition) is 1. The first-order chi connectivity index (χ1) is 17.6. The topological polar surface area (TPSA) is 49.4 Å². The first kappa shape index (κ1) is 27.1. The molecule has 1 aliphatic heterocycles. The lowest BCUT2D eigenvalue weighted by Crippen LogP contribution is -2.59. The summed E-state index contributed by atoms with van der Waals surface area (Å²) in [6.07, 6.45) is -2.07. The minimum atomic E-state index is -4.93. The number of nitrogens with one attached hydrogen (secondary N) is 1. The Balaban J connectivity index is 1.40. The van der Waals surface area contributed by atoms with E-state index in [4.69, 9.17) is 0 Å². The minimum Gasteiger partial charge on any atom is -0.319 e. The molecular weight excluding hydrogens is 510 g/mol. The molecule has 0 aromatic heterocycles. The number of amides is 2. The molecule has 1 N–H and O–H groups in total. The number of nitrogens with zero attached hydrogens (tertiary/aromatic N) is 1. The number of carbonyl (C=O) groups excluding carboxylic acids is 2. The van der Waals surface area contributed by atoms with Crippen molar-refractivity contribution in [3.8, 4) is 0 Å². The van der Waals surface area contributed by atoms with E-state index >= 15 is 0 Å². The molecule has 4 aliphatic rings. The van der Waals surface area contributed by atoms with Gasteiger partial charge in [0.15, 0.2) is 5.78 Å². The number of halogens is 6. The highest BCUT2D eigenvalue weighted by Gasteiger charge is 2.61. The van der Waals surface area contributed by atoms with Gasteiger partial charge in [-0.25, -0.2) is 4.79 Å². The van der Waals surface area contributed by atoms with Gasteiger partial charge in [-0.1, -0.05) is 19.9 Å². The molecule has 38 heavy (non-hydrogen) atoms. The fourth-order valence-corrected chi connectivity index (χ4v) is 8.34. The summed E-state index contributed by atoms with van der Waals surface area (Å²) in [6.45, 7) is 6.49. The average Bonchev–Trinajstić information content (AvgIpc) is 3.18. The van der Waals surface area contributed by atoms with E-state index in [-0.39, 0.29) is 34.9 Å². The Morgan fingerprint density at radius 1 is 0.974 bits per heavy atom. The summed E-state index contributed by atoms with van der Waals surface area (Å²) in [4.78, 5) is 27.2. The Morgan fingerprint density at radius 2 is 1.68 bits per heavy atom. The lowest BCUT2D eigenvalue weighted by atomic mass is 9.46. The smallest absolute Gasteiger partial charge is 0.319 e. The number of urea groups is 1. The van der Waals surface area contributed by atoms with Crippen molar-refractivity contribution in [3.63, 3.8) is 0 Å². The molecule has 0 radical (unpaired) electrons. The number of carbonyl (C=O) groups is 2. The van der Waals surface area contributed by atoms with Gasteiger partial charge in [0.2, 0.25) is 0 Å². The molecule has 208 valence electrons. The van der Waals surface area contributed by atoms with Gasteiger partial charge in [-0.15, -0.1) is 0 Å². The van der Waals surface area contributed by atoms with Crippen LogP contribution in [0.15, 0.2) is 30.4 Å². The van der Waals surface area contributed by atoms with Gasteiger partial charge in [-0.2, -0.15) is 26.3 Å². The van der Waals surface area contributed by atoms with Crippen molar-refractivity contribution in [2.24, 2.45) is 35.0 Å². The van der Waals surface area contributed by atoms with E-state index < -0.39 is 40.7 Å². The van der Waals surface area contributed by atoms with Crippen molar-refractivity contribution in [2.45, 2.75) is 70.8 Å². The summed E-state index contributed by atoms with van der Waals surface area (Å²) in [6, 6.07) is 0.279. The summed E-state index contributed by atoms with van der Waals surface area (Å²) in [7, 11) is 0. The van der Waals surface area contributed by atoms with Gasteiger partial charge in [-0.05, 0) is 92.4 Å². The molecule has 1 aromatic rings. The van der Waals surface area contributed by atoms with Crippen LogP contribution in [0.1, 0.15) is 64.0 Å². The van der Waals surface area contributed by atoms with Crippen LogP contribution in [0.3, 0.4) is 0 Å². The molecule has 2 unspecified atom stereocenters. The molecule has 2 amide bonds. The number of allylic oxidation sites excluding steroid dienone is 2. The van der Waals surface area contributed by atoms with Crippen molar-refractivity contribution in [1.82, 2.24) is 4.90 Å². The van der Waals surface area contributed by atoms with Gasteiger partial charge in [0, 0.05) is 18.0 Å². The molecule has 0 bridgehead atoms. The van der Waals surface area contributed by atoms with Crippen LogP contribution in [-0.2, 0) is 17.1 Å². The second-order valence-electron chi connectivity index (χ2n) is 12.0. The van der Waals surface area contributed by atoms with E-state index in [0.29, 0.717) is 43.5 Å². The van der Waals surface area contributed by atoms with Gasteiger partial charge in [0.25, 0.3) is 0 Å². The first-order valence-corrected chi connectivity index (χ1v) is 13.2. The lowest BCUT2D eigenvalue weighted by Gasteiger charge is -2.59. The van der Waals surface area contributed by atoms with Crippen LogP contribution in [0.2, 0.25) is 0 Å². The monoisotopic (exact) mass is 542 g/mol. The SMILES string of the molecule is CC1C(=O)C=C[C@@]2(C)C1CC[C@@H]1[C@H]2CC[C@@]2(C)[C@H]1CCN2C(=O)Nc1cc(C(F)(F)F)ccc1C(F)(F)F. The molecule has 1 aromatic carbocycles. The van der Waals surface area contributed by atoms with Crippen molar-refractivity contribution in [1.29, 1.82) is 0 Å². The molecule has 3 fully saturated rings. The van der Waals surface area contributed by atoms with Crippen LogP contribution in [-0.4, -0.2) is 28.8 Å². The van der Waals surface area contributed by atoms with Crippen molar-refractivity contribution in [3.05, 3.63) is 41.5 Å². The highest BCUT2D eigenvalue weighted by Crippen LogP contribution is 2.63. The fourth-order valence-electron chi connectivity index (χ4n) is 8.34.